The minimum atomic E-state index is -0.628. The fourth-order valence-electron chi connectivity index (χ4n) is 1.16. The summed E-state index contributed by atoms with van der Waals surface area (Å²) in [5, 5.41) is 12.7. The highest BCUT2D eigenvalue weighted by molar-refractivity contribution is 5.65. The molecule has 0 saturated carbocycles. The Kier molecular flexibility index (Phi) is 3.36. The van der Waals surface area contributed by atoms with Gasteiger partial charge in [-0.15, -0.1) is 0 Å². The molecule has 0 aliphatic rings. The lowest BCUT2D eigenvalue weighted by atomic mass is 10.1. The summed E-state index contributed by atoms with van der Waals surface area (Å²) in [6, 6.07) is 7.62. The first-order valence-electron chi connectivity index (χ1n) is 4.80. The molecule has 14 heavy (non-hydrogen) atoms. The molecule has 0 aliphatic heterocycles. The van der Waals surface area contributed by atoms with Crippen LogP contribution in [0.3, 0.4) is 0 Å². The van der Waals surface area contributed by atoms with Gasteiger partial charge in [0, 0.05) is 6.54 Å². The van der Waals surface area contributed by atoms with Crippen LogP contribution in [0, 0.1) is 0 Å². The van der Waals surface area contributed by atoms with Crippen molar-refractivity contribution in [2.45, 2.75) is 25.9 Å². The van der Waals surface area contributed by atoms with Crippen molar-refractivity contribution in [1.29, 1.82) is 0 Å². The lowest BCUT2D eigenvalue weighted by Crippen LogP contribution is -2.22. The van der Waals surface area contributed by atoms with E-state index in [4.69, 9.17) is 5.73 Å². The zero-order valence-electron chi connectivity index (χ0n) is 8.75. The third kappa shape index (κ3) is 3.66. The predicted molar refractivity (Wildman–Crippen MR) is 60.3 cm³/mol. The van der Waals surface area contributed by atoms with E-state index < -0.39 is 5.60 Å². The van der Waals surface area contributed by atoms with Gasteiger partial charge < -0.3 is 16.2 Å². The number of aliphatic hydroxyl groups is 1. The van der Waals surface area contributed by atoms with Gasteiger partial charge in [-0.3, -0.25) is 0 Å². The fraction of sp³-hybridized carbons (Fsp3) is 0.455. The van der Waals surface area contributed by atoms with Crippen molar-refractivity contribution >= 4 is 11.4 Å². The van der Waals surface area contributed by atoms with Crippen LogP contribution < -0.4 is 11.1 Å². The van der Waals surface area contributed by atoms with Crippen LogP contribution in [0.15, 0.2) is 24.3 Å². The molecule has 0 spiro atoms. The largest absolute Gasteiger partial charge is 0.397 e. The number of nitrogens with two attached hydrogens (primary N) is 1. The minimum Gasteiger partial charge on any atom is -0.397 e. The predicted octanol–water partition coefficient (Wildman–Crippen LogP) is 1.84. The number of nitrogens with one attached hydrogen (secondary N) is 1. The van der Waals surface area contributed by atoms with Gasteiger partial charge in [0.05, 0.1) is 17.0 Å². The lowest BCUT2D eigenvalue weighted by Gasteiger charge is -2.17. The van der Waals surface area contributed by atoms with Crippen molar-refractivity contribution in [3.05, 3.63) is 24.3 Å². The van der Waals surface area contributed by atoms with E-state index in [1.165, 1.54) is 0 Å². The molecule has 1 rings (SSSR count). The molecule has 78 valence electrons. The molecule has 0 fully saturated rings. The first kappa shape index (κ1) is 10.9. The van der Waals surface area contributed by atoms with Crippen molar-refractivity contribution in [2.75, 3.05) is 17.6 Å². The van der Waals surface area contributed by atoms with E-state index in [0.29, 0.717) is 6.42 Å². The lowest BCUT2D eigenvalue weighted by molar-refractivity contribution is 0.0749. The van der Waals surface area contributed by atoms with Gasteiger partial charge in [-0.2, -0.15) is 0 Å². The maximum absolute atomic E-state index is 9.49. The van der Waals surface area contributed by atoms with E-state index in [-0.39, 0.29) is 0 Å². The molecule has 4 N–H and O–H groups in total. The monoisotopic (exact) mass is 194 g/mol. The van der Waals surface area contributed by atoms with Crippen molar-refractivity contribution in [2.24, 2.45) is 0 Å². The average Bonchev–Trinajstić information content (AvgIpc) is 2.06. The van der Waals surface area contributed by atoms with Crippen molar-refractivity contribution in [3.8, 4) is 0 Å². The third-order valence-electron chi connectivity index (χ3n) is 2.01. The topological polar surface area (TPSA) is 58.3 Å². The maximum atomic E-state index is 9.49. The Bertz CT molecular complexity index is 292. The number of rotatable bonds is 4. The third-order valence-corrected chi connectivity index (χ3v) is 2.01. The van der Waals surface area contributed by atoms with Gasteiger partial charge in [0.25, 0.3) is 0 Å². The van der Waals surface area contributed by atoms with Crippen LogP contribution in [0.2, 0.25) is 0 Å². The molecule has 0 saturated heterocycles. The molecule has 0 aromatic heterocycles. The van der Waals surface area contributed by atoms with Gasteiger partial charge in [0.15, 0.2) is 0 Å². The Morgan fingerprint density at radius 2 is 2.00 bits per heavy atom. The van der Waals surface area contributed by atoms with Gasteiger partial charge in [0.1, 0.15) is 0 Å². The number of hydrogen-bond acceptors (Lipinski definition) is 3. The molecule has 0 atom stereocenters. The molecule has 3 heteroatoms. The molecule has 3 nitrogen and oxygen atoms in total. The highest BCUT2D eigenvalue weighted by Gasteiger charge is 2.11. The molecule has 1 aromatic carbocycles. The second-order valence-corrected chi connectivity index (χ2v) is 4.08. The van der Waals surface area contributed by atoms with Gasteiger partial charge in [0.2, 0.25) is 0 Å². The summed E-state index contributed by atoms with van der Waals surface area (Å²) in [6.07, 6.45) is 0.696. The Hall–Kier alpha value is -1.22. The smallest absolute Gasteiger partial charge is 0.0608 e. The Morgan fingerprint density at radius 1 is 1.36 bits per heavy atom. The number of anilines is 2. The first-order chi connectivity index (χ1) is 6.49. The standard InChI is InChI=1S/C11H18N2O/c1-11(2,14)7-8-13-10-6-4-3-5-9(10)12/h3-6,13-14H,7-8,12H2,1-2H3. The van der Waals surface area contributed by atoms with E-state index in [2.05, 4.69) is 5.32 Å². The van der Waals surface area contributed by atoms with Gasteiger partial charge in [-0.1, -0.05) is 12.1 Å². The molecule has 1 aromatic rings. The van der Waals surface area contributed by atoms with Crippen molar-refractivity contribution in [3.63, 3.8) is 0 Å². The number of nitrogen functional groups attached to an aromatic ring is 1. The number of para-hydroxylation sites is 2. The zero-order chi connectivity index (χ0) is 10.6. The molecular formula is C11H18N2O. The second kappa shape index (κ2) is 4.33. The average molecular weight is 194 g/mol. The first-order valence-corrected chi connectivity index (χ1v) is 4.80. The van der Waals surface area contributed by atoms with Crippen LogP contribution in [0.4, 0.5) is 11.4 Å². The Labute approximate surface area is 84.9 Å². The van der Waals surface area contributed by atoms with Crippen molar-refractivity contribution < 1.29 is 5.11 Å². The van der Waals surface area contributed by atoms with Gasteiger partial charge >= 0.3 is 0 Å². The Balaban J connectivity index is 2.43. The maximum Gasteiger partial charge on any atom is 0.0608 e. The van der Waals surface area contributed by atoms with Crippen LogP contribution in [-0.4, -0.2) is 17.3 Å². The van der Waals surface area contributed by atoms with E-state index >= 15 is 0 Å². The van der Waals surface area contributed by atoms with Crippen LogP contribution in [0.5, 0.6) is 0 Å². The van der Waals surface area contributed by atoms with Gasteiger partial charge in [-0.05, 0) is 32.4 Å². The summed E-state index contributed by atoms with van der Waals surface area (Å²) in [4.78, 5) is 0. The van der Waals surface area contributed by atoms with Crippen LogP contribution in [-0.2, 0) is 0 Å². The van der Waals surface area contributed by atoms with Crippen LogP contribution >= 0.6 is 0 Å². The normalized spacial score (nSPS) is 11.4. The number of hydrogen-bond donors (Lipinski definition) is 3. The highest BCUT2D eigenvalue weighted by Crippen LogP contribution is 2.17. The minimum absolute atomic E-state index is 0.628. The van der Waals surface area contributed by atoms with E-state index in [0.717, 1.165) is 17.9 Å². The van der Waals surface area contributed by atoms with Crippen LogP contribution in [0.25, 0.3) is 0 Å². The summed E-state index contributed by atoms with van der Waals surface area (Å²) in [5.74, 6) is 0. The molecule has 0 radical (unpaired) electrons. The SMILES string of the molecule is CC(C)(O)CCNc1ccccc1N. The quantitative estimate of drug-likeness (QED) is 0.641. The Morgan fingerprint density at radius 3 is 2.57 bits per heavy atom. The van der Waals surface area contributed by atoms with E-state index in [1.807, 2.05) is 24.3 Å². The second-order valence-electron chi connectivity index (χ2n) is 4.08. The molecule has 0 bridgehead atoms. The zero-order valence-corrected chi connectivity index (χ0v) is 8.75. The van der Waals surface area contributed by atoms with E-state index in [1.54, 1.807) is 13.8 Å². The summed E-state index contributed by atoms with van der Waals surface area (Å²) < 4.78 is 0. The molecule has 0 amide bonds. The molecule has 0 aliphatic carbocycles. The summed E-state index contributed by atoms with van der Waals surface area (Å²) >= 11 is 0. The number of benzene rings is 1. The highest BCUT2D eigenvalue weighted by atomic mass is 16.3. The van der Waals surface area contributed by atoms with Crippen molar-refractivity contribution in [1.82, 2.24) is 0 Å². The fourth-order valence-corrected chi connectivity index (χ4v) is 1.16. The summed E-state index contributed by atoms with van der Waals surface area (Å²) in [5.41, 5.74) is 6.78. The van der Waals surface area contributed by atoms with Gasteiger partial charge in [-0.25, -0.2) is 0 Å². The summed E-state index contributed by atoms with van der Waals surface area (Å²) in [7, 11) is 0. The molecule has 0 heterocycles. The molecule has 0 unspecified atom stereocenters. The van der Waals surface area contributed by atoms with E-state index in [9.17, 15) is 5.11 Å². The van der Waals surface area contributed by atoms with Crippen LogP contribution in [0.1, 0.15) is 20.3 Å². The molecular weight excluding hydrogens is 176 g/mol. The summed E-state index contributed by atoms with van der Waals surface area (Å²) in [6.45, 7) is 4.31.